The fourth-order valence-electron chi connectivity index (χ4n) is 1.46. The van der Waals surface area contributed by atoms with Crippen molar-refractivity contribution in [3.8, 4) is 0 Å². The van der Waals surface area contributed by atoms with Crippen LogP contribution in [0.3, 0.4) is 0 Å². The second-order valence-corrected chi connectivity index (χ2v) is 3.82. The van der Waals surface area contributed by atoms with Crippen LogP contribution in [0.25, 0.3) is 10.9 Å². The van der Waals surface area contributed by atoms with Crippen LogP contribution in [0.2, 0.25) is 0 Å². The van der Waals surface area contributed by atoms with E-state index in [2.05, 4.69) is 20.9 Å². The molecule has 0 atom stereocenters. The highest BCUT2D eigenvalue weighted by molar-refractivity contribution is 9.10. The highest BCUT2D eigenvalue weighted by Gasteiger charge is 2.05. The van der Waals surface area contributed by atoms with Gasteiger partial charge in [-0.3, -0.25) is 4.79 Å². The smallest absolute Gasteiger partial charge is 0.281 e. The van der Waals surface area contributed by atoms with Gasteiger partial charge in [0.15, 0.2) is 0 Å². The van der Waals surface area contributed by atoms with E-state index < -0.39 is 0 Å². The summed E-state index contributed by atoms with van der Waals surface area (Å²) in [6, 6.07) is 5.69. The molecule has 0 radical (unpaired) electrons. The van der Waals surface area contributed by atoms with Gasteiger partial charge in [-0.05, 0) is 35.0 Å². The number of hydrogen-bond acceptors (Lipinski definition) is 2. The quantitative estimate of drug-likeness (QED) is 0.780. The predicted molar refractivity (Wildman–Crippen MR) is 59.4 cm³/mol. The summed E-state index contributed by atoms with van der Waals surface area (Å²) in [5.74, 6) is 0. The van der Waals surface area contributed by atoms with Crippen LogP contribution in [-0.4, -0.2) is 9.55 Å². The summed E-state index contributed by atoms with van der Waals surface area (Å²) in [5, 5.41) is 0.650. The number of halogens is 1. The third-order valence-electron chi connectivity index (χ3n) is 2.17. The second kappa shape index (κ2) is 3.53. The average Bonchev–Trinajstić information content (AvgIpc) is 2.18. The summed E-state index contributed by atoms with van der Waals surface area (Å²) >= 11 is 3.36. The molecular formula is C10H9BrN2O. The van der Waals surface area contributed by atoms with Crippen LogP contribution >= 0.6 is 15.9 Å². The highest BCUT2D eigenvalue weighted by Crippen LogP contribution is 2.19. The summed E-state index contributed by atoms with van der Waals surface area (Å²) in [5.41, 5.74) is 0.735. The molecule has 0 aliphatic rings. The third kappa shape index (κ3) is 1.35. The van der Waals surface area contributed by atoms with Crippen LogP contribution < -0.4 is 5.56 Å². The fraction of sp³-hybridized carbons (Fsp3) is 0.200. The molecule has 14 heavy (non-hydrogen) atoms. The van der Waals surface area contributed by atoms with E-state index in [4.69, 9.17) is 0 Å². The minimum atomic E-state index is -0.183. The molecule has 72 valence electrons. The Morgan fingerprint density at radius 1 is 1.50 bits per heavy atom. The Bertz CT molecular complexity index is 533. The first-order chi connectivity index (χ1) is 6.74. The molecule has 0 aliphatic carbocycles. The molecule has 0 bridgehead atoms. The third-order valence-corrected chi connectivity index (χ3v) is 2.83. The predicted octanol–water partition coefficient (Wildman–Crippen LogP) is 2.18. The van der Waals surface area contributed by atoms with Gasteiger partial charge in [-0.1, -0.05) is 6.07 Å². The van der Waals surface area contributed by atoms with Crippen molar-refractivity contribution in [3.05, 3.63) is 39.4 Å². The van der Waals surface area contributed by atoms with Gasteiger partial charge in [0.05, 0.1) is 17.2 Å². The highest BCUT2D eigenvalue weighted by atomic mass is 79.9. The van der Waals surface area contributed by atoms with E-state index in [1.807, 2.05) is 29.7 Å². The molecule has 2 aromatic rings. The Hall–Kier alpha value is -1.16. The molecule has 0 saturated carbocycles. The van der Waals surface area contributed by atoms with E-state index in [1.54, 1.807) is 6.33 Å². The first-order valence-corrected chi connectivity index (χ1v) is 5.17. The van der Waals surface area contributed by atoms with Crippen LogP contribution in [0.1, 0.15) is 6.92 Å². The zero-order valence-corrected chi connectivity index (χ0v) is 9.28. The van der Waals surface area contributed by atoms with Gasteiger partial charge in [0.25, 0.3) is 5.56 Å². The number of aromatic nitrogens is 2. The first-order valence-electron chi connectivity index (χ1n) is 4.37. The van der Waals surface area contributed by atoms with Crippen LogP contribution in [0.4, 0.5) is 0 Å². The molecular weight excluding hydrogens is 244 g/mol. The van der Waals surface area contributed by atoms with Crippen molar-refractivity contribution in [1.29, 1.82) is 0 Å². The Balaban J connectivity index is 2.99. The minimum Gasteiger partial charge on any atom is -0.332 e. The van der Waals surface area contributed by atoms with Crippen LogP contribution in [0.15, 0.2) is 33.8 Å². The molecule has 0 saturated heterocycles. The maximum Gasteiger partial charge on any atom is 0.281 e. The van der Waals surface area contributed by atoms with E-state index >= 15 is 0 Å². The van der Waals surface area contributed by atoms with E-state index in [1.165, 1.54) is 0 Å². The normalized spacial score (nSPS) is 10.7. The molecule has 0 fully saturated rings. The van der Waals surface area contributed by atoms with Crippen LogP contribution in [0, 0.1) is 0 Å². The topological polar surface area (TPSA) is 34.9 Å². The SMILES string of the molecule is CCn1cnc(=O)c2c(Br)cccc21. The Labute approximate surface area is 89.5 Å². The summed E-state index contributed by atoms with van der Waals surface area (Å²) in [6.45, 7) is 2.83. The van der Waals surface area contributed by atoms with Crippen molar-refractivity contribution in [2.45, 2.75) is 13.5 Å². The lowest BCUT2D eigenvalue weighted by molar-refractivity contribution is 0.764. The number of benzene rings is 1. The maximum atomic E-state index is 11.5. The van der Waals surface area contributed by atoms with Gasteiger partial charge in [0.1, 0.15) is 0 Å². The van der Waals surface area contributed by atoms with Gasteiger partial charge < -0.3 is 4.57 Å². The number of fused-ring (bicyclic) bond motifs is 1. The maximum absolute atomic E-state index is 11.5. The van der Waals surface area contributed by atoms with Gasteiger partial charge in [0.2, 0.25) is 0 Å². The molecule has 1 aromatic carbocycles. The Morgan fingerprint density at radius 2 is 2.29 bits per heavy atom. The van der Waals surface area contributed by atoms with Crippen molar-refractivity contribution in [2.75, 3.05) is 0 Å². The largest absolute Gasteiger partial charge is 0.332 e. The molecule has 0 amide bonds. The van der Waals surface area contributed by atoms with Crippen molar-refractivity contribution >= 4 is 26.8 Å². The molecule has 3 nitrogen and oxygen atoms in total. The van der Waals surface area contributed by atoms with Crippen LogP contribution in [-0.2, 0) is 6.54 Å². The van der Waals surface area contributed by atoms with Crippen molar-refractivity contribution < 1.29 is 0 Å². The zero-order chi connectivity index (χ0) is 10.1. The van der Waals surface area contributed by atoms with E-state index in [9.17, 15) is 4.79 Å². The lowest BCUT2D eigenvalue weighted by Crippen LogP contribution is -2.12. The summed E-state index contributed by atoms with van der Waals surface area (Å²) in [6.07, 6.45) is 1.58. The summed E-state index contributed by atoms with van der Waals surface area (Å²) < 4.78 is 2.75. The van der Waals surface area contributed by atoms with Crippen LogP contribution in [0.5, 0.6) is 0 Å². The minimum absolute atomic E-state index is 0.183. The lowest BCUT2D eigenvalue weighted by Gasteiger charge is -2.07. The molecule has 4 heteroatoms. The monoisotopic (exact) mass is 252 g/mol. The average molecular weight is 253 g/mol. The van der Waals surface area contributed by atoms with E-state index in [0.29, 0.717) is 5.39 Å². The van der Waals surface area contributed by atoms with E-state index in [0.717, 1.165) is 16.5 Å². The number of nitrogens with zero attached hydrogens (tertiary/aromatic N) is 2. The summed E-state index contributed by atoms with van der Waals surface area (Å²) in [7, 11) is 0. The molecule has 1 aromatic heterocycles. The van der Waals surface area contributed by atoms with E-state index in [-0.39, 0.29) is 5.56 Å². The molecule has 0 N–H and O–H groups in total. The van der Waals surface area contributed by atoms with Gasteiger partial charge in [-0.25, -0.2) is 0 Å². The molecule has 0 spiro atoms. The number of aryl methyl sites for hydroxylation is 1. The first kappa shape index (κ1) is 9.40. The Kier molecular flexibility index (Phi) is 2.37. The number of hydrogen-bond donors (Lipinski definition) is 0. The van der Waals surface area contributed by atoms with Gasteiger partial charge >= 0.3 is 0 Å². The molecule has 0 aliphatic heterocycles. The Morgan fingerprint density at radius 3 is 3.00 bits per heavy atom. The lowest BCUT2D eigenvalue weighted by atomic mass is 10.2. The molecule has 1 heterocycles. The fourth-order valence-corrected chi connectivity index (χ4v) is 1.99. The van der Waals surface area contributed by atoms with Gasteiger partial charge in [0, 0.05) is 11.0 Å². The van der Waals surface area contributed by atoms with Crippen molar-refractivity contribution in [1.82, 2.24) is 9.55 Å². The summed E-state index contributed by atoms with van der Waals surface area (Å²) in [4.78, 5) is 15.3. The van der Waals surface area contributed by atoms with Gasteiger partial charge in [-0.15, -0.1) is 0 Å². The second-order valence-electron chi connectivity index (χ2n) is 2.97. The van der Waals surface area contributed by atoms with Gasteiger partial charge in [-0.2, -0.15) is 4.98 Å². The molecule has 2 rings (SSSR count). The zero-order valence-electron chi connectivity index (χ0n) is 7.70. The number of rotatable bonds is 1. The van der Waals surface area contributed by atoms with Crippen molar-refractivity contribution in [2.24, 2.45) is 0 Å². The van der Waals surface area contributed by atoms with Crippen molar-refractivity contribution in [3.63, 3.8) is 0 Å². The molecule has 0 unspecified atom stereocenters. The standard InChI is InChI=1S/C10H9BrN2O/c1-2-13-6-12-10(14)9-7(11)4-3-5-8(9)13/h3-6H,2H2,1H3.